The maximum atomic E-state index is 11.4. The summed E-state index contributed by atoms with van der Waals surface area (Å²) in [6, 6.07) is 0. The molecule has 2 heterocycles. The van der Waals surface area contributed by atoms with Gasteiger partial charge in [-0.2, -0.15) is 0 Å². The molecule has 0 saturated carbocycles. The van der Waals surface area contributed by atoms with Gasteiger partial charge in [-0.15, -0.1) is 11.8 Å². The van der Waals surface area contributed by atoms with Crippen LogP contribution < -0.4 is 0 Å². The Labute approximate surface area is 84.9 Å². The molecule has 1 aromatic heterocycles. The van der Waals surface area contributed by atoms with E-state index in [2.05, 4.69) is 9.97 Å². The van der Waals surface area contributed by atoms with Crippen LogP contribution in [0.5, 0.6) is 0 Å². The Hall–Kier alpha value is -1.30. The van der Waals surface area contributed by atoms with Crippen LogP contribution in [-0.4, -0.2) is 38.2 Å². The third-order valence-electron chi connectivity index (χ3n) is 1.92. The molecule has 1 aromatic rings. The molecule has 1 aliphatic heterocycles. The zero-order chi connectivity index (χ0) is 9.97. The molecule has 0 bridgehead atoms. The van der Waals surface area contributed by atoms with Gasteiger partial charge >= 0.3 is 0 Å². The molecule has 1 N–H and O–H groups in total. The van der Waals surface area contributed by atoms with Crippen molar-refractivity contribution >= 4 is 23.6 Å². The van der Waals surface area contributed by atoms with E-state index in [4.69, 9.17) is 0 Å². The number of aromatic amines is 1. The normalized spacial score (nSPS) is 17.6. The summed E-state index contributed by atoms with van der Waals surface area (Å²) in [5.74, 6) is 1.13. The second-order valence-corrected chi connectivity index (χ2v) is 3.89. The lowest BCUT2D eigenvalue weighted by molar-refractivity contribution is -0.143. The lowest BCUT2D eigenvalue weighted by Crippen LogP contribution is -2.42. The van der Waals surface area contributed by atoms with E-state index in [9.17, 15) is 9.59 Å². The zero-order valence-corrected chi connectivity index (χ0v) is 8.21. The fourth-order valence-electron chi connectivity index (χ4n) is 1.23. The number of hydrogen-bond donors (Lipinski definition) is 1. The first kappa shape index (κ1) is 9.26. The van der Waals surface area contributed by atoms with Gasteiger partial charge in [0.1, 0.15) is 5.82 Å². The number of amides is 2. The largest absolute Gasteiger partial charge is 0.347 e. The third kappa shape index (κ3) is 1.79. The summed E-state index contributed by atoms with van der Waals surface area (Å²) in [7, 11) is 0. The van der Waals surface area contributed by atoms with Gasteiger partial charge in [-0.05, 0) is 0 Å². The predicted octanol–water partition coefficient (Wildman–Crippen LogP) is 0.0117. The number of imidazole rings is 1. The Bertz CT molecular complexity index is 333. The van der Waals surface area contributed by atoms with Crippen molar-refractivity contribution < 1.29 is 9.59 Å². The van der Waals surface area contributed by atoms with Crippen LogP contribution in [0, 0.1) is 0 Å². The summed E-state index contributed by atoms with van der Waals surface area (Å²) in [6.45, 7) is 0.255. The molecule has 2 rings (SSSR count). The minimum atomic E-state index is -0.136. The standard InChI is InChI=1S/C8H9N3O2S/c12-7-4-14-5-8(13)11(7)3-6-9-1-2-10-6/h1-2H,3-5H2,(H,9,10). The monoisotopic (exact) mass is 211 g/mol. The molecule has 0 atom stereocenters. The SMILES string of the molecule is O=C1CSCC(=O)N1Cc1ncc[nH]1. The molecule has 0 aromatic carbocycles. The fourth-order valence-corrected chi connectivity index (χ4v) is 1.99. The van der Waals surface area contributed by atoms with Gasteiger partial charge in [-0.3, -0.25) is 14.5 Å². The fraction of sp³-hybridized carbons (Fsp3) is 0.375. The van der Waals surface area contributed by atoms with Gasteiger partial charge in [0.25, 0.3) is 0 Å². The minimum absolute atomic E-state index is 0.136. The zero-order valence-electron chi connectivity index (χ0n) is 7.40. The number of hydrogen-bond acceptors (Lipinski definition) is 4. The lowest BCUT2D eigenvalue weighted by atomic mass is 10.4. The van der Waals surface area contributed by atoms with Crippen LogP contribution in [0.2, 0.25) is 0 Å². The number of carbonyl (C=O) groups is 2. The van der Waals surface area contributed by atoms with Crippen LogP contribution in [0.25, 0.3) is 0 Å². The molecular formula is C8H9N3O2S. The molecule has 0 radical (unpaired) electrons. The second-order valence-electron chi connectivity index (χ2n) is 2.90. The van der Waals surface area contributed by atoms with Gasteiger partial charge in [-0.1, -0.05) is 0 Å². The highest BCUT2D eigenvalue weighted by molar-refractivity contribution is 8.00. The van der Waals surface area contributed by atoms with E-state index < -0.39 is 0 Å². The van der Waals surface area contributed by atoms with E-state index in [0.717, 1.165) is 0 Å². The van der Waals surface area contributed by atoms with Crippen LogP contribution >= 0.6 is 11.8 Å². The van der Waals surface area contributed by atoms with E-state index in [0.29, 0.717) is 17.3 Å². The average molecular weight is 211 g/mol. The summed E-state index contributed by atoms with van der Waals surface area (Å²) in [6.07, 6.45) is 3.27. The van der Waals surface area contributed by atoms with Gasteiger partial charge in [0.15, 0.2) is 0 Å². The molecule has 0 aliphatic carbocycles. The van der Waals surface area contributed by atoms with Crippen LogP contribution in [0.1, 0.15) is 5.82 Å². The number of H-pyrrole nitrogens is 1. The molecule has 14 heavy (non-hydrogen) atoms. The van der Waals surface area contributed by atoms with Crippen LogP contribution in [-0.2, 0) is 16.1 Å². The number of nitrogens with one attached hydrogen (secondary N) is 1. The molecule has 0 spiro atoms. The Kier molecular flexibility index (Phi) is 2.53. The molecule has 0 unspecified atom stereocenters. The highest BCUT2D eigenvalue weighted by Gasteiger charge is 2.26. The lowest BCUT2D eigenvalue weighted by Gasteiger charge is -2.23. The van der Waals surface area contributed by atoms with E-state index in [1.54, 1.807) is 12.4 Å². The maximum absolute atomic E-state index is 11.4. The highest BCUT2D eigenvalue weighted by Crippen LogP contribution is 2.13. The highest BCUT2D eigenvalue weighted by atomic mass is 32.2. The van der Waals surface area contributed by atoms with Gasteiger partial charge in [0, 0.05) is 12.4 Å². The number of imide groups is 1. The molecule has 1 fully saturated rings. The van der Waals surface area contributed by atoms with E-state index in [1.165, 1.54) is 16.7 Å². The van der Waals surface area contributed by atoms with Gasteiger partial charge in [-0.25, -0.2) is 4.98 Å². The van der Waals surface area contributed by atoms with Crippen LogP contribution in [0.4, 0.5) is 0 Å². The summed E-state index contributed by atoms with van der Waals surface area (Å²) < 4.78 is 0. The summed E-state index contributed by atoms with van der Waals surface area (Å²) in [5, 5.41) is 0. The smallest absolute Gasteiger partial charge is 0.239 e. The Morgan fingerprint density at radius 1 is 1.43 bits per heavy atom. The number of nitrogens with zero attached hydrogens (tertiary/aromatic N) is 2. The summed E-state index contributed by atoms with van der Waals surface area (Å²) in [4.78, 5) is 30.8. The third-order valence-corrected chi connectivity index (χ3v) is 2.82. The molecule has 1 aliphatic rings. The summed E-state index contributed by atoms with van der Waals surface area (Å²) >= 11 is 1.36. The maximum Gasteiger partial charge on any atom is 0.239 e. The minimum Gasteiger partial charge on any atom is -0.347 e. The van der Waals surface area contributed by atoms with E-state index in [1.807, 2.05) is 0 Å². The molecule has 5 nitrogen and oxygen atoms in total. The Morgan fingerprint density at radius 2 is 2.14 bits per heavy atom. The quantitative estimate of drug-likeness (QED) is 0.700. The van der Waals surface area contributed by atoms with Crippen molar-refractivity contribution in [3.05, 3.63) is 18.2 Å². The number of aromatic nitrogens is 2. The van der Waals surface area contributed by atoms with Crippen molar-refractivity contribution in [2.75, 3.05) is 11.5 Å². The molecular weight excluding hydrogens is 202 g/mol. The number of thioether (sulfide) groups is 1. The number of carbonyl (C=O) groups excluding carboxylic acids is 2. The first-order valence-electron chi connectivity index (χ1n) is 4.16. The van der Waals surface area contributed by atoms with Crippen molar-refractivity contribution in [3.8, 4) is 0 Å². The van der Waals surface area contributed by atoms with E-state index >= 15 is 0 Å². The average Bonchev–Trinajstić information content (AvgIpc) is 2.64. The molecule has 1 saturated heterocycles. The van der Waals surface area contributed by atoms with E-state index in [-0.39, 0.29) is 18.4 Å². The van der Waals surface area contributed by atoms with Gasteiger partial charge in [0.2, 0.25) is 11.8 Å². The topological polar surface area (TPSA) is 66.1 Å². The molecule has 2 amide bonds. The first-order valence-corrected chi connectivity index (χ1v) is 5.32. The molecule has 6 heteroatoms. The first-order chi connectivity index (χ1) is 6.77. The number of rotatable bonds is 2. The van der Waals surface area contributed by atoms with Crippen molar-refractivity contribution in [2.24, 2.45) is 0 Å². The van der Waals surface area contributed by atoms with Crippen LogP contribution in [0.3, 0.4) is 0 Å². The predicted molar refractivity (Wildman–Crippen MR) is 51.5 cm³/mol. The van der Waals surface area contributed by atoms with Gasteiger partial charge in [0.05, 0.1) is 18.1 Å². The Balaban J connectivity index is 2.08. The van der Waals surface area contributed by atoms with Crippen molar-refractivity contribution in [1.29, 1.82) is 0 Å². The van der Waals surface area contributed by atoms with Crippen molar-refractivity contribution in [3.63, 3.8) is 0 Å². The Morgan fingerprint density at radius 3 is 2.71 bits per heavy atom. The van der Waals surface area contributed by atoms with Gasteiger partial charge < -0.3 is 4.98 Å². The van der Waals surface area contributed by atoms with Crippen LogP contribution in [0.15, 0.2) is 12.4 Å². The van der Waals surface area contributed by atoms with Crippen molar-refractivity contribution in [1.82, 2.24) is 14.9 Å². The molecule has 74 valence electrons. The summed E-state index contributed by atoms with van der Waals surface area (Å²) in [5.41, 5.74) is 0. The second kappa shape index (κ2) is 3.83. The van der Waals surface area contributed by atoms with Crippen molar-refractivity contribution in [2.45, 2.75) is 6.54 Å².